The minimum Gasteiger partial charge on any atom is -0.429 e. The third-order valence-electron chi connectivity index (χ3n) is 8.07. The fourth-order valence-electron chi connectivity index (χ4n) is 5.59. The molecule has 7 nitrogen and oxygen atoms in total. The maximum Gasteiger partial charge on any atom is 0.340 e. The van der Waals surface area contributed by atoms with E-state index >= 15 is 0 Å². The molecule has 0 amide bonds. The van der Waals surface area contributed by atoms with Crippen LogP contribution in [0, 0.1) is 0 Å². The van der Waals surface area contributed by atoms with E-state index in [2.05, 4.69) is 0 Å². The number of hydrogen-bond acceptors (Lipinski definition) is 7. The van der Waals surface area contributed by atoms with E-state index < -0.39 is 36.7 Å². The molecular formula is C41H40O7. The Kier molecular flexibility index (Phi) is 12.1. The number of ether oxygens (including phenoxy) is 6. The van der Waals surface area contributed by atoms with Gasteiger partial charge in [0, 0.05) is 0 Å². The van der Waals surface area contributed by atoms with Gasteiger partial charge in [-0.15, -0.1) is 0 Å². The molecule has 7 heteroatoms. The van der Waals surface area contributed by atoms with E-state index in [0.29, 0.717) is 25.4 Å². The van der Waals surface area contributed by atoms with E-state index in [1.165, 1.54) is 0 Å². The summed E-state index contributed by atoms with van der Waals surface area (Å²) in [6.45, 7) is 1.41. The Bertz CT molecular complexity index is 1640. The van der Waals surface area contributed by atoms with Crippen molar-refractivity contribution >= 4 is 5.97 Å². The number of benzene rings is 5. The first-order chi connectivity index (χ1) is 23.7. The van der Waals surface area contributed by atoms with Crippen LogP contribution >= 0.6 is 0 Å². The Hall–Kier alpha value is -4.63. The lowest BCUT2D eigenvalue weighted by molar-refractivity contribution is -0.315. The van der Waals surface area contributed by atoms with Gasteiger partial charge in [0.2, 0.25) is 6.29 Å². The topological polar surface area (TPSA) is 72.5 Å². The van der Waals surface area contributed by atoms with E-state index in [9.17, 15) is 4.79 Å². The highest BCUT2D eigenvalue weighted by atomic mass is 16.7. The van der Waals surface area contributed by atoms with Crippen molar-refractivity contribution in [2.45, 2.75) is 57.1 Å². The van der Waals surface area contributed by atoms with Gasteiger partial charge in [-0.3, -0.25) is 0 Å². The first-order valence-electron chi connectivity index (χ1n) is 16.2. The average molecular weight is 645 g/mol. The molecule has 0 radical (unpaired) electrons. The zero-order valence-electron chi connectivity index (χ0n) is 26.7. The smallest absolute Gasteiger partial charge is 0.340 e. The van der Waals surface area contributed by atoms with E-state index in [1.807, 2.05) is 127 Å². The van der Waals surface area contributed by atoms with Crippen LogP contribution in [-0.4, -0.2) is 43.3 Å². The molecule has 0 saturated carbocycles. The minimum absolute atomic E-state index is 0.171. The van der Waals surface area contributed by atoms with Crippen LogP contribution in [0.4, 0.5) is 0 Å². The molecule has 1 aliphatic rings. The van der Waals surface area contributed by atoms with Gasteiger partial charge in [-0.25, -0.2) is 4.79 Å². The van der Waals surface area contributed by atoms with Crippen LogP contribution in [0.5, 0.6) is 0 Å². The summed E-state index contributed by atoms with van der Waals surface area (Å²) in [7, 11) is 0. The van der Waals surface area contributed by atoms with Crippen molar-refractivity contribution in [2.24, 2.45) is 0 Å². The summed E-state index contributed by atoms with van der Waals surface area (Å²) in [5.74, 6) is -0.525. The Morgan fingerprint density at radius 1 is 0.479 bits per heavy atom. The molecule has 1 saturated heterocycles. The fraction of sp³-hybridized carbons (Fsp3) is 0.244. The maximum absolute atomic E-state index is 13.5. The summed E-state index contributed by atoms with van der Waals surface area (Å²) in [5, 5.41) is 0. The molecule has 1 heterocycles. The summed E-state index contributed by atoms with van der Waals surface area (Å²) in [6, 6.07) is 48.5. The highest BCUT2D eigenvalue weighted by Crippen LogP contribution is 2.32. The van der Waals surface area contributed by atoms with E-state index in [4.69, 9.17) is 28.4 Å². The molecule has 0 unspecified atom stereocenters. The number of rotatable bonds is 15. The standard InChI is InChI=1S/C41H40O7/c42-40(35-24-14-5-15-25-35)48-41-39(46-29-34-22-12-4-13-23-34)38(45-28-33-20-10-3-11-21-33)37(44-27-32-18-8-2-9-19-32)36(47-41)30-43-26-31-16-6-1-7-17-31/h1-25,36-39,41H,26-30H2/t36-,37-,38+,39-,41-/m1/s1. The Labute approximate surface area is 282 Å². The predicted octanol–water partition coefficient (Wildman–Crippen LogP) is 7.54. The van der Waals surface area contributed by atoms with Crippen LogP contribution in [0.25, 0.3) is 0 Å². The van der Waals surface area contributed by atoms with Crippen LogP contribution in [0.15, 0.2) is 152 Å². The number of hydrogen-bond donors (Lipinski definition) is 0. The van der Waals surface area contributed by atoms with Crippen LogP contribution in [0.3, 0.4) is 0 Å². The molecule has 5 aromatic carbocycles. The van der Waals surface area contributed by atoms with Gasteiger partial charge in [0.25, 0.3) is 0 Å². The Morgan fingerprint density at radius 2 is 0.875 bits per heavy atom. The van der Waals surface area contributed by atoms with Gasteiger partial charge >= 0.3 is 5.97 Å². The monoisotopic (exact) mass is 644 g/mol. The molecule has 246 valence electrons. The van der Waals surface area contributed by atoms with Crippen molar-refractivity contribution < 1.29 is 33.2 Å². The van der Waals surface area contributed by atoms with Gasteiger partial charge < -0.3 is 28.4 Å². The minimum atomic E-state index is -1.11. The second-order valence-corrected chi connectivity index (χ2v) is 11.6. The zero-order valence-corrected chi connectivity index (χ0v) is 26.7. The predicted molar refractivity (Wildman–Crippen MR) is 182 cm³/mol. The molecule has 1 aliphatic heterocycles. The summed E-state index contributed by atoms with van der Waals surface area (Å²) >= 11 is 0. The zero-order chi connectivity index (χ0) is 32.8. The van der Waals surface area contributed by atoms with Crippen molar-refractivity contribution in [1.82, 2.24) is 0 Å². The van der Waals surface area contributed by atoms with Crippen molar-refractivity contribution in [2.75, 3.05) is 6.61 Å². The summed E-state index contributed by atoms with van der Waals surface area (Å²) < 4.78 is 38.8. The lowest BCUT2D eigenvalue weighted by Crippen LogP contribution is -2.62. The quantitative estimate of drug-likeness (QED) is 0.109. The molecule has 5 aromatic rings. The van der Waals surface area contributed by atoms with Crippen molar-refractivity contribution in [1.29, 1.82) is 0 Å². The molecule has 5 atom stereocenters. The molecule has 1 fully saturated rings. The van der Waals surface area contributed by atoms with Gasteiger partial charge in [-0.2, -0.15) is 0 Å². The molecule has 0 aromatic heterocycles. The first-order valence-corrected chi connectivity index (χ1v) is 16.2. The molecule has 0 bridgehead atoms. The second kappa shape index (κ2) is 17.5. The van der Waals surface area contributed by atoms with Crippen LogP contribution < -0.4 is 0 Å². The Morgan fingerprint density at radius 3 is 1.35 bits per heavy atom. The number of esters is 1. The normalized spacial score (nSPS) is 20.6. The molecule has 0 aliphatic carbocycles. The van der Waals surface area contributed by atoms with E-state index in [-0.39, 0.29) is 13.2 Å². The number of carbonyl (C=O) groups excluding carboxylic acids is 1. The van der Waals surface area contributed by atoms with Crippen molar-refractivity contribution in [3.05, 3.63) is 179 Å². The van der Waals surface area contributed by atoms with Gasteiger partial charge in [-0.1, -0.05) is 140 Å². The average Bonchev–Trinajstić information content (AvgIpc) is 3.15. The third-order valence-corrected chi connectivity index (χ3v) is 8.07. The van der Waals surface area contributed by atoms with Crippen molar-refractivity contribution in [3.63, 3.8) is 0 Å². The molecule has 6 rings (SSSR count). The lowest BCUT2D eigenvalue weighted by Gasteiger charge is -2.45. The maximum atomic E-state index is 13.5. The van der Waals surface area contributed by atoms with Crippen LogP contribution in [0.1, 0.15) is 32.6 Å². The summed E-state index contributed by atoms with van der Waals surface area (Å²) in [6.07, 6.45) is -3.90. The summed E-state index contributed by atoms with van der Waals surface area (Å²) in [5.41, 5.74) is 4.39. The molecule has 0 spiro atoms. The fourth-order valence-corrected chi connectivity index (χ4v) is 5.59. The molecule has 0 N–H and O–H groups in total. The van der Waals surface area contributed by atoms with Crippen molar-refractivity contribution in [3.8, 4) is 0 Å². The second-order valence-electron chi connectivity index (χ2n) is 11.6. The van der Waals surface area contributed by atoms with Gasteiger partial charge in [0.1, 0.15) is 24.4 Å². The number of carbonyl (C=O) groups is 1. The Balaban J connectivity index is 1.32. The summed E-state index contributed by atoms with van der Waals surface area (Å²) in [4.78, 5) is 13.5. The van der Waals surface area contributed by atoms with Gasteiger partial charge in [0.15, 0.2) is 0 Å². The largest absolute Gasteiger partial charge is 0.429 e. The third kappa shape index (κ3) is 9.47. The molecular weight excluding hydrogens is 604 g/mol. The molecule has 48 heavy (non-hydrogen) atoms. The van der Waals surface area contributed by atoms with E-state index in [1.54, 1.807) is 24.3 Å². The van der Waals surface area contributed by atoms with Crippen LogP contribution in [0.2, 0.25) is 0 Å². The SMILES string of the molecule is O=C(O[C@H]1O[C@H](COCc2ccccc2)[C@@H](OCc2ccccc2)[C@H](OCc2ccccc2)[C@H]1OCc1ccccc1)c1ccccc1. The van der Waals surface area contributed by atoms with Gasteiger partial charge in [0.05, 0.1) is 38.6 Å². The van der Waals surface area contributed by atoms with Gasteiger partial charge in [-0.05, 0) is 34.4 Å². The van der Waals surface area contributed by atoms with E-state index in [0.717, 1.165) is 22.3 Å². The lowest BCUT2D eigenvalue weighted by atomic mass is 9.97. The first kappa shape index (κ1) is 33.3. The van der Waals surface area contributed by atoms with Crippen LogP contribution in [-0.2, 0) is 54.8 Å². The highest BCUT2D eigenvalue weighted by Gasteiger charge is 2.50. The highest BCUT2D eigenvalue weighted by molar-refractivity contribution is 5.89.